The molecule has 0 unspecified atom stereocenters. The molecule has 0 saturated carbocycles. The molecule has 1 N–H and O–H groups in total. The van der Waals surface area contributed by atoms with Crippen molar-refractivity contribution >= 4 is 11.7 Å². The van der Waals surface area contributed by atoms with Crippen LogP contribution in [0.3, 0.4) is 0 Å². The van der Waals surface area contributed by atoms with E-state index in [0.29, 0.717) is 32.0 Å². The maximum absolute atomic E-state index is 12.8. The van der Waals surface area contributed by atoms with Crippen molar-refractivity contribution in [2.45, 2.75) is 12.6 Å². The SMILES string of the molecule is O=C(O)c1cc(N2CCCOCC2)ccc1C(F)(F)F. The fraction of sp³-hybridized carbons (Fsp3) is 0.462. The van der Waals surface area contributed by atoms with Gasteiger partial charge in [-0.3, -0.25) is 0 Å². The number of aromatic carboxylic acids is 1. The van der Waals surface area contributed by atoms with E-state index >= 15 is 0 Å². The first-order chi connectivity index (χ1) is 9.39. The van der Waals surface area contributed by atoms with E-state index in [1.807, 2.05) is 4.90 Å². The van der Waals surface area contributed by atoms with Crippen LogP contribution in [-0.4, -0.2) is 37.4 Å². The van der Waals surface area contributed by atoms with E-state index in [4.69, 9.17) is 9.84 Å². The molecule has 0 radical (unpaired) electrons. The zero-order chi connectivity index (χ0) is 14.8. The highest BCUT2D eigenvalue weighted by Crippen LogP contribution is 2.34. The first-order valence-corrected chi connectivity index (χ1v) is 6.17. The van der Waals surface area contributed by atoms with Crippen molar-refractivity contribution in [2.24, 2.45) is 0 Å². The molecule has 1 aliphatic rings. The zero-order valence-electron chi connectivity index (χ0n) is 10.6. The van der Waals surface area contributed by atoms with Crippen molar-refractivity contribution in [3.05, 3.63) is 29.3 Å². The molecule has 1 saturated heterocycles. The summed E-state index contributed by atoms with van der Waals surface area (Å²) in [5, 5.41) is 8.96. The number of hydrogen-bond acceptors (Lipinski definition) is 3. The van der Waals surface area contributed by atoms with E-state index in [0.717, 1.165) is 18.6 Å². The molecule has 0 amide bonds. The van der Waals surface area contributed by atoms with E-state index in [1.54, 1.807) is 0 Å². The number of rotatable bonds is 2. The van der Waals surface area contributed by atoms with Crippen LogP contribution in [0.2, 0.25) is 0 Å². The number of ether oxygens (including phenoxy) is 1. The Kier molecular flexibility index (Phi) is 4.17. The van der Waals surface area contributed by atoms with Crippen LogP contribution in [0.5, 0.6) is 0 Å². The van der Waals surface area contributed by atoms with Crippen molar-refractivity contribution in [3.8, 4) is 0 Å². The predicted molar refractivity (Wildman–Crippen MR) is 66.1 cm³/mol. The maximum Gasteiger partial charge on any atom is 0.417 e. The third kappa shape index (κ3) is 3.22. The standard InChI is InChI=1S/C13H14F3NO3/c14-13(15,16)11-3-2-9(8-10(11)12(18)19)17-4-1-6-20-7-5-17/h2-3,8H,1,4-7H2,(H,18,19). The number of nitrogens with zero attached hydrogens (tertiary/aromatic N) is 1. The van der Waals surface area contributed by atoms with Gasteiger partial charge in [0.2, 0.25) is 0 Å². The fourth-order valence-corrected chi connectivity index (χ4v) is 2.16. The van der Waals surface area contributed by atoms with Gasteiger partial charge >= 0.3 is 12.1 Å². The number of carboxylic acids is 1. The van der Waals surface area contributed by atoms with Gasteiger partial charge in [-0.25, -0.2) is 4.79 Å². The molecular weight excluding hydrogens is 275 g/mol. The average Bonchev–Trinajstić information content (AvgIpc) is 2.65. The van der Waals surface area contributed by atoms with Crippen molar-refractivity contribution in [1.29, 1.82) is 0 Å². The van der Waals surface area contributed by atoms with E-state index in [2.05, 4.69) is 0 Å². The minimum absolute atomic E-state index is 0.473. The first-order valence-electron chi connectivity index (χ1n) is 6.17. The van der Waals surface area contributed by atoms with Gasteiger partial charge in [0.1, 0.15) is 0 Å². The lowest BCUT2D eigenvalue weighted by atomic mass is 10.1. The summed E-state index contributed by atoms with van der Waals surface area (Å²) in [7, 11) is 0. The van der Waals surface area contributed by atoms with Crippen LogP contribution in [0.25, 0.3) is 0 Å². The molecule has 4 nitrogen and oxygen atoms in total. The molecule has 7 heteroatoms. The van der Waals surface area contributed by atoms with Gasteiger partial charge in [0.05, 0.1) is 17.7 Å². The van der Waals surface area contributed by atoms with Gasteiger partial charge in [-0.15, -0.1) is 0 Å². The van der Waals surface area contributed by atoms with Crippen LogP contribution in [0.1, 0.15) is 22.3 Å². The summed E-state index contributed by atoms with van der Waals surface area (Å²) in [6.45, 7) is 2.24. The molecule has 20 heavy (non-hydrogen) atoms. The number of carboxylic acid groups (broad SMARTS) is 1. The fourth-order valence-electron chi connectivity index (χ4n) is 2.16. The summed E-state index contributed by atoms with van der Waals surface area (Å²) in [4.78, 5) is 12.9. The summed E-state index contributed by atoms with van der Waals surface area (Å²) in [5.74, 6) is -1.58. The third-order valence-corrected chi connectivity index (χ3v) is 3.13. The molecule has 0 aliphatic carbocycles. The lowest BCUT2D eigenvalue weighted by Crippen LogP contribution is -2.26. The number of carbonyl (C=O) groups is 1. The Balaban J connectivity index is 2.36. The molecule has 0 bridgehead atoms. The van der Waals surface area contributed by atoms with Gasteiger partial charge < -0.3 is 14.7 Å². The minimum Gasteiger partial charge on any atom is -0.478 e. The number of halogens is 3. The molecule has 1 aromatic rings. The van der Waals surface area contributed by atoms with Crippen molar-refractivity contribution in [2.75, 3.05) is 31.2 Å². The van der Waals surface area contributed by atoms with Crippen molar-refractivity contribution in [1.82, 2.24) is 0 Å². The Morgan fingerprint density at radius 2 is 2.00 bits per heavy atom. The van der Waals surface area contributed by atoms with Crippen LogP contribution >= 0.6 is 0 Å². The van der Waals surface area contributed by atoms with E-state index in [-0.39, 0.29) is 0 Å². The summed E-state index contributed by atoms with van der Waals surface area (Å²) in [6, 6.07) is 3.21. The second-order valence-corrected chi connectivity index (χ2v) is 4.49. The average molecular weight is 289 g/mol. The zero-order valence-corrected chi connectivity index (χ0v) is 10.6. The highest BCUT2D eigenvalue weighted by atomic mass is 19.4. The monoisotopic (exact) mass is 289 g/mol. The summed E-state index contributed by atoms with van der Waals surface area (Å²) >= 11 is 0. The van der Waals surface area contributed by atoms with E-state index in [1.165, 1.54) is 6.07 Å². The summed E-state index contributed by atoms with van der Waals surface area (Å²) in [5.41, 5.74) is -1.37. The van der Waals surface area contributed by atoms with Gasteiger partial charge in [0.15, 0.2) is 0 Å². The molecule has 1 heterocycles. The molecule has 0 atom stereocenters. The Hall–Kier alpha value is -1.76. The van der Waals surface area contributed by atoms with Crippen LogP contribution in [0, 0.1) is 0 Å². The van der Waals surface area contributed by atoms with Gasteiger partial charge in [0, 0.05) is 25.4 Å². The number of benzene rings is 1. The van der Waals surface area contributed by atoms with E-state index in [9.17, 15) is 18.0 Å². The normalized spacial score (nSPS) is 16.9. The topological polar surface area (TPSA) is 49.8 Å². The summed E-state index contributed by atoms with van der Waals surface area (Å²) in [6.07, 6.45) is -3.92. The van der Waals surface area contributed by atoms with Crippen LogP contribution in [0.15, 0.2) is 18.2 Å². The molecule has 110 valence electrons. The molecule has 1 aliphatic heterocycles. The lowest BCUT2D eigenvalue weighted by molar-refractivity contribution is -0.138. The van der Waals surface area contributed by atoms with Crippen LogP contribution in [0.4, 0.5) is 18.9 Å². The highest BCUT2D eigenvalue weighted by molar-refractivity contribution is 5.91. The predicted octanol–water partition coefficient (Wildman–Crippen LogP) is 2.63. The Labute approximate surface area is 113 Å². The van der Waals surface area contributed by atoms with Gasteiger partial charge in [-0.2, -0.15) is 13.2 Å². The minimum atomic E-state index is -4.67. The molecule has 1 fully saturated rings. The number of alkyl halides is 3. The van der Waals surface area contributed by atoms with Crippen molar-refractivity contribution in [3.63, 3.8) is 0 Å². The van der Waals surface area contributed by atoms with Crippen LogP contribution in [-0.2, 0) is 10.9 Å². The molecule has 0 aromatic heterocycles. The number of anilines is 1. The van der Waals surface area contributed by atoms with Crippen LogP contribution < -0.4 is 4.90 Å². The second kappa shape index (κ2) is 5.70. The lowest BCUT2D eigenvalue weighted by Gasteiger charge is -2.23. The van der Waals surface area contributed by atoms with Gasteiger partial charge in [0.25, 0.3) is 0 Å². The maximum atomic E-state index is 12.8. The third-order valence-electron chi connectivity index (χ3n) is 3.13. The Morgan fingerprint density at radius 1 is 1.25 bits per heavy atom. The molecule has 1 aromatic carbocycles. The largest absolute Gasteiger partial charge is 0.478 e. The highest BCUT2D eigenvalue weighted by Gasteiger charge is 2.35. The van der Waals surface area contributed by atoms with Crippen molar-refractivity contribution < 1.29 is 27.8 Å². The summed E-state index contributed by atoms with van der Waals surface area (Å²) < 4.78 is 43.5. The van der Waals surface area contributed by atoms with E-state index < -0.39 is 23.3 Å². The Bertz CT molecular complexity index is 494. The Morgan fingerprint density at radius 3 is 2.65 bits per heavy atom. The first kappa shape index (κ1) is 14.6. The second-order valence-electron chi connectivity index (χ2n) is 4.49. The smallest absolute Gasteiger partial charge is 0.417 e. The molecule has 2 rings (SSSR count). The van der Waals surface area contributed by atoms with Gasteiger partial charge in [-0.1, -0.05) is 0 Å². The number of hydrogen-bond donors (Lipinski definition) is 1. The molecule has 0 spiro atoms. The quantitative estimate of drug-likeness (QED) is 0.909. The molecular formula is C13H14F3NO3. The van der Waals surface area contributed by atoms with Gasteiger partial charge in [-0.05, 0) is 24.6 Å².